The van der Waals surface area contributed by atoms with E-state index < -0.39 is 0 Å². The first-order valence-corrected chi connectivity index (χ1v) is 7.96. The van der Waals surface area contributed by atoms with Gasteiger partial charge in [0.15, 0.2) is 0 Å². The van der Waals surface area contributed by atoms with Crippen molar-refractivity contribution in [1.82, 2.24) is 20.2 Å². The average Bonchev–Trinajstić information content (AvgIpc) is 2.54. The van der Waals surface area contributed by atoms with Gasteiger partial charge in [-0.15, -0.1) is 0 Å². The Bertz CT molecular complexity index is 738. The summed E-state index contributed by atoms with van der Waals surface area (Å²) in [5.74, 6) is 0. The Morgan fingerprint density at radius 3 is 2.58 bits per heavy atom. The SMILES string of the molecule is C=C(/C=C(\C)C(=C)n1cc(/C=C(/C)NC)c(C)nc1=O)CCNC. The number of hydrogen-bond donors (Lipinski definition) is 2. The van der Waals surface area contributed by atoms with E-state index in [2.05, 4.69) is 28.8 Å². The molecule has 0 aliphatic rings. The van der Waals surface area contributed by atoms with Crippen molar-refractivity contribution in [3.05, 3.63) is 64.0 Å². The van der Waals surface area contributed by atoms with Crippen LogP contribution in [0.5, 0.6) is 0 Å². The lowest BCUT2D eigenvalue weighted by molar-refractivity contribution is 0.795. The monoisotopic (exact) mass is 328 g/mol. The summed E-state index contributed by atoms with van der Waals surface area (Å²) in [6, 6.07) is 0. The molecule has 5 nitrogen and oxygen atoms in total. The summed E-state index contributed by atoms with van der Waals surface area (Å²) in [5.41, 5.74) is 4.72. The van der Waals surface area contributed by atoms with Gasteiger partial charge in [-0.1, -0.05) is 24.8 Å². The van der Waals surface area contributed by atoms with Crippen molar-refractivity contribution < 1.29 is 0 Å². The molecule has 5 heteroatoms. The lowest BCUT2D eigenvalue weighted by Gasteiger charge is -2.12. The van der Waals surface area contributed by atoms with E-state index in [4.69, 9.17) is 0 Å². The molecule has 0 radical (unpaired) electrons. The molecular formula is C19H28N4O. The van der Waals surface area contributed by atoms with Crippen LogP contribution in [-0.2, 0) is 0 Å². The minimum Gasteiger partial charge on any atom is -0.392 e. The van der Waals surface area contributed by atoms with Gasteiger partial charge in [0.05, 0.1) is 5.69 Å². The average molecular weight is 328 g/mol. The molecule has 0 amide bonds. The van der Waals surface area contributed by atoms with Gasteiger partial charge in [0.2, 0.25) is 0 Å². The molecule has 0 aromatic carbocycles. The van der Waals surface area contributed by atoms with Crippen molar-refractivity contribution in [1.29, 1.82) is 0 Å². The first-order valence-electron chi connectivity index (χ1n) is 7.96. The summed E-state index contributed by atoms with van der Waals surface area (Å²) in [4.78, 5) is 16.4. The van der Waals surface area contributed by atoms with E-state index in [9.17, 15) is 4.79 Å². The Morgan fingerprint density at radius 2 is 2.00 bits per heavy atom. The van der Waals surface area contributed by atoms with Gasteiger partial charge in [-0.05, 0) is 52.4 Å². The highest BCUT2D eigenvalue weighted by Gasteiger charge is 2.08. The number of rotatable bonds is 8. The maximum absolute atomic E-state index is 12.2. The zero-order valence-electron chi connectivity index (χ0n) is 15.4. The van der Waals surface area contributed by atoms with Gasteiger partial charge in [0, 0.05) is 30.2 Å². The summed E-state index contributed by atoms with van der Waals surface area (Å²) < 4.78 is 1.49. The first kappa shape index (κ1) is 19.6. The van der Waals surface area contributed by atoms with Crippen LogP contribution in [0.2, 0.25) is 0 Å². The Balaban J connectivity index is 3.19. The number of nitrogens with one attached hydrogen (secondary N) is 2. The van der Waals surface area contributed by atoms with Gasteiger partial charge in [0.25, 0.3) is 0 Å². The van der Waals surface area contributed by atoms with Gasteiger partial charge >= 0.3 is 5.69 Å². The predicted molar refractivity (Wildman–Crippen MR) is 103 cm³/mol. The molecule has 1 rings (SSSR count). The van der Waals surface area contributed by atoms with Gasteiger partial charge in [-0.25, -0.2) is 4.79 Å². The fourth-order valence-corrected chi connectivity index (χ4v) is 2.13. The zero-order chi connectivity index (χ0) is 18.3. The quantitative estimate of drug-likeness (QED) is 0.721. The fourth-order valence-electron chi connectivity index (χ4n) is 2.13. The van der Waals surface area contributed by atoms with Crippen LogP contribution in [0.25, 0.3) is 11.8 Å². The molecule has 130 valence electrons. The smallest absolute Gasteiger partial charge is 0.352 e. The predicted octanol–water partition coefficient (Wildman–Crippen LogP) is 2.71. The van der Waals surface area contributed by atoms with Crippen LogP contribution in [-0.4, -0.2) is 30.2 Å². The van der Waals surface area contributed by atoms with E-state index in [1.165, 1.54) is 4.57 Å². The first-order chi connectivity index (χ1) is 11.3. The highest BCUT2D eigenvalue weighted by Crippen LogP contribution is 2.16. The molecule has 0 saturated carbocycles. The van der Waals surface area contributed by atoms with Crippen LogP contribution < -0.4 is 16.3 Å². The Morgan fingerprint density at radius 1 is 1.33 bits per heavy atom. The highest BCUT2D eigenvalue weighted by molar-refractivity contribution is 5.64. The summed E-state index contributed by atoms with van der Waals surface area (Å²) in [5, 5.41) is 6.16. The molecule has 24 heavy (non-hydrogen) atoms. The van der Waals surface area contributed by atoms with E-state index in [-0.39, 0.29) is 5.69 Å². The van der Waals surface area contributed by atoms with E-state index in [1.54, 1.807) is 6.20 Å². The third-order valence-electron chi connectivity index (χ3n) is 3.78. The summed E-state index contributed by atoms with van der Waals surface area (Å²) in [6.45, 7) is 14.7. The Labute approximate surface area is 144 Å². The van der Waals surface area contributed by atoms with E-state index in [1.807, 2.05) is 47.0 Å². The Hall–Kier alpha value is -2.40. The second-order valence-corrected chi connectivity index (χ2v) is 5.80. The van der Waals surface area contributed by atoms with Gasteiger partial charge in [-0.2, -0.15) is 4.98 Å². The summed E-state index contributed by atoms with van der Waals surface area (Å²) in [6.07, 6.45) is 6.54. The standard InChI is InChI=1S/C19H28N4O/c1-13(8-9-20-6)10-14(2)17(5)23-12-18(11-15(3)21-7)16(4)22-19(23)24/h10-12,20-21H,1,5,8-9H2,2-4,6-7H3/b14-10+,15-11-. The van der Waals surface area contributed by atoms with Gasteiger partial charge in [-0.3, -0.25) is 4.57 Å². The molecule has 2 N–H and O–H groups in total. The van der Waals surface area contributed by atoms with E-state index in [0.29, 0.717) is 11.4 Å². The molecule has 0 unspecified atom stereocenters. The second kappa shape index (κ2) is 9.03. The lowest BCUT2D eigenvalue weighted by atomic mass is 10.1. The van der Waals surface area contributed by atoms with Crippen molar-refractivity contribution in [3.63, 3.8) is 0 Å². The van der Waals surface area contributed by atoms with Crippen molar-refractivity contribution in [3.8, 4) is 0 Å². The van der Waals surface area contributed by atoms with Crippen LogP contribution in [0.15, 0.2) is 47.1 Å². The van der Waals surface area contributed by atoms with E-state index >= 15 is 0 Å². The third kappa shape index (κ3) is 5.35. The van der Waals surface area contributed by atoms with Crippen LogP contribution >= 0.6 is 0 Å². The number of allylic oxidation sites excluding steroid dienone is 4. The maximum Gasteiger partial charge on any atom is 0.352 e. The molecule has 1 aromatic rings. The second-order valence-electron chi connectivity index (χ2n) is 5.80. The van der Waals surface area contributed by atoms with Gasteiger partial charge < -0.3 is 10.6 Å². The molecule has 1 aromatic heterocycles. The Kier molecular flexibility index (Phi) is 7.39. The molecule has 0 atom stereocenters. The molecular weight excluding hydrogens is 300 g/mol. The normalized spacial score (nSPS) is 12.2. The van der Waals surface area contributed by atoms with Crippen LogP contribution in [0, 0.1) is 6.92 Å². The van der Waals surface area contributed by atoms with Crippen molar-refractivity contribution in [2.75, 3.05) is 20.6 Å². The third-order valence-corrected chi connectivity index (χ3v) is 3.78. The molecule has 0 fully saturated rings. The fraction of sp³-hybridized carbons (Fsp3) is 0.368. The minimum atomic E-state index is -0.328. The molecule has 0 aliphatic heterocycles. The molecule has 0 spiro atoms. The minimum absolute atomic E-state index is 0.328. The number of hydrogen-bond acceptors (Lipinski definition) is 4. The number of aromatic nitrogens is 2. The summed E-state index contributed by atoms with van der Waals surface area (Å²) >= 11 is 0. The van der Waals surface area contributed by atoms with Crippen LogP contribution in [0.3, 0.4) is 0 Å². The molecule has 0 aliphatic carbocycles. The van der Waals surface area contributed by atoms with Crippen molar-refractivity contribution in [2.45, 2.75) is 27.2 Å². The molecule has 0 saturated heterocycles. The number of nitrogens with zero attached hydrogens (tertiary/aromatic N) is 2. The highest BCUT2D eigenvalue weighted by atomic mass is 16.1. The van der Waals surface area contributed by atoms with Crippen molar-refractivity contribution >= 4 is 11.8 Å². The van der Waals surface area contributed by atoms with Crippen LogP contribution in [0.4, 0.5) is 0 Å². The van der Waals surface area contributed by atoms with Crippen LogP contribution in [0.1, 0.15) is 31.5 Å². The number of aryl methyl sites for hydroxylation is 1. The molecule has 1 heterocycles. The topological polar surface area (TPSA) is 59.0 Å². The van der Waals surface area contributed by atoms with E-state index in [0.717, 1.165) is 35.4 Å². The lowest BCUT2D eigenvalue weighted by Crippen LogP contribution is -2.23. The maximum atomic E-state index is 12.2. The van der Waals surface area contributed by atoms with Crippen molar-refractivity contribution in [2.24, 2.45) is 0 Å². The largest absolute Gasteiger partial charge is 0.392 e. The summed E-state index contributed by atoms with van der Waals surface area (Å²) in [7, 11) is 3.76. The zero-order valence-corrected chi connectivity index (χ0v) is 15.4. The van der Waals surface area contributed by atoms with Gasteiger partial charge in [0.1, 0.15) is 0 Å². The molecule has 0 bridgehead atoms.